The van der Waals surface area contributed by atoms with Crippen molar-refractivity contribution in [2.24, 2.45) is 10.7 Å². The van der Waals surface area contributed by atoms with Crippen LogP contribution in [0.3, 0.4) is 0 Å². The van der Waals surface area contributed by atoms with Gasteiger partial charge in [-0.15, -0.1) is 24.0 Å². The molecule has 1 fully saturated rings. The van der Waals surface area contributed by atoms with Crippen LogP contribution in [0.1, 0.15) is 11.1 Å². The summed E-state index contributed by atoms with van der Waals surface area (Å²) in [7, 11) is 0. The molecule has 1 aromatic carbocycles. The molecule has 1 aromatic rings. The topological polar surface area (TPSA) is 50.9 Å². The number of aliphatic imine (C=N–C) groups is 1. The van der Waals surface area contributed by atoms with Crippen LogP contribution in [0, 0.1) is 0 Å². The molecule has 116 valence electrons. The lowest BCUT2D eigenvalue weighted by Crippen LogP contribution is -2.42. The molecular weight excluding hydrogens is 397 g/mol. The molecule has 0 radical (unpaired) electrons. The van der Waals surface area contributed by atoms with Gasteiger partial charge in [-0.1, -0.05) is 12.1 Å². The number of nitrogens with zero attached hydrogens (tertiary/aromatic N) is 2. The molecule has 0 spiro atoms. The van der Waals surface area contributed by atoms with E-state index in [0.717, 1.165) is 56.3 Å². The maximum Gasteiger partial charge on any atom is 0.191 e. The van der Waals surface area contributed by atoms with Crippen molar-refractivity contribution in [2.45, 2.75) is 12.8 Å². The van der Waals surface area contributed by atoms with E-state index in [4.69, 9.17) is 10.5 Å². The molecule has 4 nitrogen and oxygen atoms in total. The van der Waals surface area contributed by atoms with E-state index >= 15 is 0 Å². The summed E-state index contributed by atoms with van der Waals surface area (Å²) in [6.07, 6.45) is 1.97. The van der Waals surface area contributed by atoms with E-state index in [-0.39, 0.29) is 24.0 Å². The molecule has 3 rings (SSSR count). The van der Waals surface area contributed by atoms with Gasteiger partial charge < -0.3 is 15.4 Å². The van der Waals surface area contributed by atoms with E-state index < -0.39 is 0 Å². The van der Waals surface area contributed by atoms with Crippen molar-refractivity contribution < 1.29 is 4.74 Å². The third-order valence-corrected chi connectivity index (χ3v) is 4.71. The molecule has 1 saturated heterocycles. The fourth-order valence-corrected chi connectivity index (χ4v) is 3.49. The maximum absolute atomic E-state index is 6.05. The number of hydrogen-bond acceptors (Lipinski definition) is 3. The third-order valence-electron chi connectivity index (χ3n) is 3.76. The zero-order valence-corrected chi connectivity index (χ0v) is 15.2. The van der Waals surface area contributed by atoms with Gasteiger partial charge in [-0.2, -0.15) is 11.8 Å². The number of fused-ring (bicyclic) bond motifs is 1. The average molecular weight is 419 g/mol. The molecule has 0 aliphatic carbocycles. The number of nitrogens with two attached hydrogens (primary N) is 1. The van der Waals surface area contributed by atoms with Crippen LogP contribution in [0.5, 0.6) is 5.75 Å². The minimum atomic E-state index is 0. The van der Waals surface area contributed by atoms with Gasteiger partial charge in [-0.25, -0.2) is 0 Å². The van der Waals surface area contributed by atoms with Crippen LogP contribution in [-0.2, 0) is 12.8 Å². The van der Waals surface area contributed by atoms with Crippen LogP contribution in [0.25, 0.3) is 0 Å². The van der Waals surface area contributed by atoms with E-state index in [1.165, 1.54) is 11.1 Å². The summed E-state index contributed by atoms with van der Waals surface area (Å²) < 4.78 is 5.52. The number of rotatable bonds is 3. The smallest absolute Gasteiger partial charge is 0.191 e. The molecular formula is C15H22IN3OS. The lowest BCUT2D eigenvalue weighted by Gasteiger charge is -2.27. The number of ether oxygens (including phenoxy) is 1. The Morgan fingerprint density at radius 1 is 1.33 bits per heavy atom. The van der Waals surface area contributed by atoms with Crippen molar-refractivity contribution in [1.29, 1.82) is 0 Å². The van der Waals surface area contributed by atoms with E-state index in [1.807, 2.05) is 11.8 Å². The molecule has 6 heteroatoms. The molecule has 0 atom stereocenters. The summed E-state index contributed by atoms with van der Waals surface area (Å²) in [5, 5.41) is 0. The second-order valence-corrected chi connectivity index (χ2v) is 6.35. The van der Waals surface area contributed by atoms with Gasteiger partial charge >= 0.3 is 0 Å². The van der Waals surface area contributed by atoms with Crippen LogP contribution in [0.2, 0.25) is 0 Å². The number of halogens is 1. The van der Waals surface area contributed by atoms with Crippen molar-refractivity contribution in [3.05, 3.63) is 29.3 Å². The lowest BCUT2D eigenvalue weighted by atomic mass is 10.1. The Kier molecular flexibility index (Phi) is 6.47. The minimum absolute atomic E-state index is 0. The van der Waals surface area contributed by atoms with E-state index in [2.05, 4.69) is 28.1 Å². The molecule has 0 bridgehead atoms. The fraction of sp³-hybridized carbons (Fsp3) is 0.533. The Morgan fingerprint density at radius 2 is 2.14 bits per heavy atom. The molecule has 2 heterocycles. The van der Waals surface area contributed by atoms with Crippen LogP contribution < -0.4 is 10.5 Å². The molecule has 2 aliphatic heterocycles. The van der Waals surface area contributed by atoms with Gasteiger partial charge in [0.1, 0.15) is 5.75 Å². The predicted molar refractivity (Wildman–Crippen MR) is 100 cm³/mol. The van der Waals surface area contributed by atoms with Crippen molar-refractivity contribution >= 4 is 41.7 Å². The monoisotopic (exact) mass is 419 g/mol. The number of thioether (sulfide) groups is 1. The Bertz CT molecular complexity index is 504. The highest BCUT2D eigenvalue weighted by Crippen LogP contribution is 2.25. The number of benzene rings is 1. The fourth-order valence-electron chi connectivity index (χ4n) is 2.59. The molecule has 0 unspecified atom stereocenters. The van der Waals surface area contributed by atoms with Gasteiger partial charge in [0.15, 0.2) is 5.96 Å². The SMILES string of the molecule is I.NC(=NCCc1ccc2c(c1)CCO2)N1CCSCC1. The lowest BCUT2D eigenvalue weighted by molar-refractivity contribution is 0.357. The van der Waals surface area contributed by atoms with Gasteiger partial charge in [0.25, 0.3) is 0 Å². The first kappa shape index (κ1) is 16.7. The largest absolute Gasteiger partial charge is 0.493 e. The number of hydrogen-bond donors (Lipinski definition) is 1. The maximum atomic E-state index is 6.05. The third kappa shape index (κ3) is 4.42. The summed E-state index contributed by atoms with van der Waals surface area (Å²) in [6.45, 7) is 3.62. The average Bonchev–Trinajstić information content (AvgIpc) is 2.95. The summed E-state index contributed by atoms with van der Waals surface area (Å²) in [5.74, 6) is 4.06. The van der Waals surface area contributed by atoms with Crippen molar-refractivity contribution in [2.75, 3.05) is 37.7 Å². The Labute approximate surface area is 147 Å². The van der Waals surface area contributed by atoms with E-state index in [9.17, 15) is 0 Å². The van der Waals surface area contributed by atoms with Crippen molar-refractivity contribution in [1.82, 2.24) is 4.90 Å². The van der Waals surface area contributed by atoms with Crippen molar-refractivity contribution in [3.8, 4) is 5.75 Å². The quantitative estimate of drug-likeness (QED) is 0.464. The molecule has 0 aromatic heterocycles. The summed E-state index contributed by atoms with van der Waals surface area (Å²) in [4.78, 5) is 6.70. The standard InChI is InChI=1S/C15H21N3OS.HI/c16-15(18-6-9-20-10-7-18)17-5-3-12-1-2-14-13(11-12)4-8-19-14;/h1-2,11H,3-10H2,(H2,16,17);1H. The molecule has 21 heavy (non-hydrogen) atoms. The Balaban J connectivity index is 0.00000161. The zero-order chi connectivity index (χ0) is 13.8. The van der Waals surface area contributed by atoms with Crippen LogP contribution >= 0.6 is 35.7 Å². The highest BCUT2D eigenvalue weighted by atomic mass is 127. The predicted octanol–water partition coefficient (Wildman–Crippen LogP) is 2.15. The normalized spacial score (nSPS) is 17.9. The highest BCUT2D eigenvalue weighted by Gasteiger charge is 2.13. The summed E-state index contributed by atoms with van der Waals surface area (Å²) in [5.41, 5.74) is 8.70. The zero-order valence-electron chi connectivity index (χ0n) is 12.1. The number of guanidine groups is 1. The van der Waals surface area contributed by atoms with Gasteiger partial charge in [-0.05, 0) is 23.6 Å². The van der Waals surface area contributed by atoms with Crippen molar-refractivity contribution in [3.63, 3.8) is 0 Å². The minimum Gasteiger partial charge on any atom is -0.493 e. The second-order valence-electron chi connectivity index (χ2n) is 5.13. The summed E-state index contributed by atoms with van der Waals surface area (Å²) >= 11 is 1.98. The Morgan fingerprint density at radius 3 is 2.95 bits per heavy atom. The molecule has 0 saturated carbocycles. The molecule has 2 N–H and O–H groups in total. The van der Waals surface area contributed by atoms with Gasteiger partial charge in [-0.3, -0.25) is 4.99 Å². The first-order valence-corrected chi connectivity index (χ1v) is 8.35. The second kappa shape index (κ2) is 8.12. The van der Waals surface area contributed by atoms with Crippen LogP contribution in [0.15, 0.2) is 23.2 Å². The van der Waals surface area contributed by atoms with Crippen LogP contribution in [0.4, 0.5) is 0 Å². The van der Waals surface area contributed by atoms with E-state index in [1.54, 1.807) is 0 Å². The van der Waals surface area contributed by atoms with Gasteiger partial charge in [0.05, 0.1) is 6.61 Å². The van der Waals surface area contributed by atoms with Gasteiger partial charge in [0, 0.05) is 37.6 Å². The first-order valence-electron chi connectivity index (χ1n) is 7.20. The highest BCUT2D eigenvalue weighted by molar-refractivity contribution is 14.0. The van der Waals surface area contributed by atoms with Gasteiger partial charge in [0.2, 0.25) is 0 Å². The van der Waals surface area contributed by atoms with Crippen LogP contribution in [-0.4, -0.2) is 48.6 Å². The van der Waals surface area contributed by atoms with E-state index in [0.29, 0.717) is 5.96 Å². The first-order chi connectivity index (χ1) is 9.83. The molecule has 0 amide bonds. The summed E-state index contributed by atoms with van der Waals surface area (Å²) in [6, 6.07) is 6.45. The Hall–Kier alpha value is -0.630. The molecule has 2 aliphatic rings.